The molecule has 1 atom stereocenters. The highest BCUT2D eigenvalue weighted by Crippen LogP contribution is 2.25. The fourth-order valence-electron chi connectivity index (χ4n) is 4.12. The number of carbonyl (C=O) groups excluding carboxylic acids is 2. The maximum atomic E-state index is 12.9. The van der Waals surface area contributed by atoms with Gasteiger partial charge in [-0.25, -0.2) is 8.42 Å². The number of nitrogens with zero attached hydrogens (tertiary/aromatic N) is 1. The Labute approximate surface area is 183 Å². The van der Waals surface area contributed by atoms with Gasteiger partial charge in [0.15, 0.2) is 0 Å². The van der Waals surface area contributed by atoms with Crippen LogP contribution in [0.1, 0.15) is 51.4 Å². The molecule has 1 aromatic carbocycles. The Balaban J connectivity index is 1.46. The van der Waals surface area contributed by atoms with E-state index in [0.29, 0.717) is 24.4 Å². The maximum absolute atomic E-state index is 12.9. The summed E-state index contributed by atoms with van der Waals surface area (Å²) in [7, 11) is -3.67. The number of rotatable bonds is 7. The van der Waals surface area contributed by atoms with Crippen molar-refractivity contribution in [2.75, 3.05) is 19.6 Å². The van der Waals surface area contributed by atoms with Crippen molar-refractivity contribution >= 4 is 33.4 Å². The van der Waals surface area contributed by atoms with Crippen LogP contribution in [0.4, 0.5) is 0 Å². The van der Waals surface area contributed by atoms with Crippen LogP contribution in [0.3, 0.4) is 0 Å². The van der Waals surface area contributed by atoms with Gasteiger partial charge in [-0.1, -0.05) is 30.9 Å². The molecule has 2 fully saturated rings. The molecule has 2 aliphatic rings. The van der Waals surface area contributed by atoms with Crippen molar-refractivity contribution in [1.82, 2.24) is 14.9 Å². The number of halogens is 1. The zero-order valence-corrected chi connectivity index (χ0v) is 18.7. The lowest BCUT2D eigenvalue weighted by atomic mass is 9.95. The monoisotopic (exact) mass is 455 g/mol. The van der Waals surface area contributed by atoms with Gasteiger partial charge in [0.1, 0.15) is 0 Å². The molecule has 166 valence electrons. The SMILES string of the molecule is O=C(CCNC(=O)[C@H]1CCCN(S(=O)(=O)c2ccc(Cl)cc2)C1)NC1CCCCC1. The third kappa shape index (κ3) is 6.18. The summed E-state index contributed by atoms with van der Waals surface area (Å²) in [4.78, 5) is 24.8. The molecule has 3 rings (SSSR count). The van der Waals surface area contributed by atoms with Crippen molar-refractivity contribution in [2.45, 2.75) is 62.3 Å². The molecule has 1 heterocycles. The quantitative estimate of drug-likeness (QED) is 0.660. The molecule has 30 heavy (non-hydrogen) atoms. The Bertz CT molecular complexity index is 838. The topological polar surface area (TPSA) is 95.6 Å². The first-order chi connectivity index (χ1) is 14.4. The predicted molar refractivity (Wildman–Crippen MR) is 116 cm³/mol. The van der Waals surface area contributed by atoms with Gasteiger partial charge >= 0.3 is 0 Å². The van der Waals surface area contributed by atoms with Gasteiger partial charge in [0.2, 0.25) is 21.8 Å². The number of benzene rings is 1. The highest BCUT2D eigenvalue weighted by molar-refractivity contribution is 7.89. The fourth-order valence-corrected chi connectivity index (χ4v) is 5.77. The Morgan fingerprint density at radius 1 is 1.03 bits per heavy atom. The Kier molecular flexibility index (Phi) is 8.13. The van der Waals surface area contributed by atoms with Crippen LogP contribution in [-0.4, -0.2) is 50.2 Å². The number of nitrogens with one attached hydrogen (secondary N) is 2. The van der Waals surface area contributed by atoms with Crippen LogP contribution in [0, 0.1) is 5.92 Å². The normalized spacial score (nSPS) is 21.2. The summed E-state index contributed by atoms with van der Waals surface area (Å²) in [6.07, 6.45) is 7.07. The van der Waals surface area contributed by atoms with Crippen LogP contribution in [0.2, 0.25) is 5.02 Å². The molecule has 1 aromatic rings. The summed E-state index contributed by atoms with van der Waals surface area (Å²) in [5, 5.41) is 6.30. The highest BCUT2D eigenvalue weighted by atomic mass is 35.5. The lowest BCUT2D eigenvalue weighted by molar-refractivity contribution is -0.126. The summed E-state index contributed by atoms with van der Waals surface area (Å²) >= 11 is 5.85. The van der Waals surface area contributed by atoms with Gasteiger partial charge in [-0.15, -0.1) is 0 Å². The van der Waals surface area contributed by atoms with Gasteiger partial charge in [-0.3, -0.25) is 9.59 Å². The Morgan fingerprint density at radius 2 is 1.73 bits per heavy atom. The van der Waals surface area contributed by atoms with Crippen molar-refractivity contribution in [3.05, 3.63) is 29.3 Å². The molecule has 1 aliphatic heterocycles. The van der Waals surface area contributed by atoms with Crippen molar-refractivity contribution in [1.29, 1.82) is 0 Å². The smallest absolute Gasteiger partial charge is 0.243 e. The fraction of sp³-hybridized carbons (Fsp3) is 0.619. The first kappa shape index (κ1) is 23.0. The zero-order chi connectivity index (χ0) is 21.6. The third-order valence-corrected chi connectivity index (χ3v) is 7.96. The van der Waals surface area contributed by atoms with Crippen LogP contribution < -0.4 is 10.6 Å². The molecule has 0 radical (unpaired) electrons. The molecule has 1 aliphatic carbocycles. The van der Waals surface area contributed by atoms with Crippen molar-refractivity contribution in [2.24, 2.45) is 5.92 Å². The number of sulfonamides is 1. The van der Waals surface area contributed by atoms with Crippen molar-refractivity contribution in [3.63, 3.8) is 0 Å². The molecule has 9 heteroatoms. The molecule has 7 nitrogen and oxygen atoms in total. The average molecular weight is 456 g/mol. The molecule has 0 spiro atoms. The molecule has 1 saturated heterocycles. The largest absolute Gasteiger partial charge is 0.355 e. The van der Waals surface area contributed by atoms with E-state index >= 15 is 0 Å². The standard InChI is InChI=1S/C21H30ClN3O4S/c22-17-8-10-19(11-9-17)30(28,29)25-14-4-5-16(15-25)21(27)23-13-12-20(26)24-18-6-2-1-3-7-18/h8-11,16,18H,1-7,12-15H2,(H,23,27)(H,24,26)/t16-/m0/s1. The van der Waals surface area contributed by atoms with Crippen LogP contribution in [0.5, 0.6) is 0 Å². The van der Waals surface area contributed by atoms with Gasteiger partial charge in [0, 0.05) is 37.1 Å². The van der Waals surface area contributed by atoms with Gasteiger partial charge < -0.3 is 10.6 Å². The lowest BCUT2D eigenvalue weighted by Gasteiger charge is -2.31. The average Bonchev–Trinajstić information content (AvgIpc) is 2.75. The molecule has 2 amide bonds. The summed E-state index contributed by atoms with van der Waals surface area (Å²) in [5.74, 6) is -0.656. The van der Waals surface area contributed by atoms with Crippen LogP contribution in [-0.2, 0) is 19.6 Å². The van der Waals surface area contributed by atoms with Gasteiger partial charge in [0.25, 0.3) is 0 Å². The van der Waals surface area contributed by atoms with E-state index in [2.05, 4.69) is 10.6 Å². The molecule has 0 aromatic heterocycles. The minimum atomic E-state index is -3.67. The molecular formula is C21H30ClN3O4S. The molecule has 1 saturated carbocycles. The summed E-state index contributed by atoms with van der Waals surface area (Å²) < 4.78 is 27.1. The van der Waals surface area contributed by atoms with E-state index in [0.717, 1.165) is 25.7 Å². The van der Waals surface area contributed by atoms with Crippen LogP contribution in [0.15, 0.2) is 29.2 Å². The number of amides is 2. The Hall–Kier alpha value is -1.64. The highest BCUT2D eigenvalue weighted by Gasteiger charge is 2.33. The van der Waals surface area contributed by atoms with Crippen LogP contribution in [0.25, 0.3) is 0 Å². The van der Waals surface area contributed by atoms with E-state index in [9.17, 15) is 18.0 Å². The second-order valence-corrected chi connectivity index (χ2v) is 10.5. The first-order valence-electron chi connectivity index (χ1n) is 10.7. The van der Waals surface area contributed by atoms with E-state index < -0.39 is 15.9 Å². The lowest BCUT2D eigenvalue weighted by Crippen LogP contribution is -2.46. The number of hydrogen-bond donors (Lipinski definition) is 2. The van der Waals surface area contributed by atoms with E-state index in [1.165, 1.54) is 22.9 Å². The van der Waals surface area contributed by atoms with Gasteiger partial charge in [0.05, 0.1) is 10.8 Å². The number of piperidine rings is 1. The summed E-state index contributed by atoms with van der Waals surface area (Å²) in [6, 6.07) is 6.30. The van der Waals surface area contributed by atoms with Gasteiger partial charge in [-0.05, 0) is 49.9 Å². The van der Waals surface area contributed by atoms with Crippen molar-refractivity contribution < 1.29 is 18.0 Å². The van der Waals surface area contributed by atoms with E-state index in [-0.39, 0.29) is 42.3 Å². The Morgan fingerprint density at radius 3 is 2.43 bits per heavy atom. The van der Waals surface area contributed by atoms with E-state index in [1.54, 1.807) is 12.1 Å². The second-order valence-electron chi connectivity index (χ2n) is 8.10. The number of hydrogen-bond acceptors (Lipinski definition) is 4. The maximum Gasteiger partial charge on any atom is 0.243 e. The molecular weight excluding hydrogens is 426 g/mol. The van der Waals surface area contributed by atoms with E-state index in [4.69, 9.17) is 11.6 Å². The minimum Gasteiger partial charge on any atom is -0.355 e. The predicted octanol–water partition coefficient (Wildman–Crippen LogP) is 2.70. The third-order valence-electron chi connectivity index (χ3n) is 5.83. The van der Waals surface area contributed by atoms with E-state index in [1.807, 2.05) is 0 Å². The minimum absolute atomic E-state index is 0.0437. The van der Waals surface area contributed by atoms with Crippen molar-refractivity contribution in [3.8, 4) is 0 Å². The summed E-state index contributed by atoms with van der Waals surface area (Å²) in [6.45, 7) is 0.793. The van der Waals surface area contributed by atoms with Crippen LogP contribution >= 0.6 is 11.6 Å². The summed E-state index contributed by atoms with van der Waals surface area (Å²) in [5.41, 5.74) is 0. The molecule has 2 N–H and O–H groups in total. The molecule has 0 bridgehead atoms. The first-order valence-corrected chi connectivity index (χ1v) is 12.5. The molecule has 0 unspecified atom stereocenters. The number of carbonyl (C=O) groups is 2. The van der Waals surface area contributed by atoms with Gasteiger partial charge in [-0.2, -0.15) is 4.31 Å². The zero-order valence-electron chi connectivity index (χ0n) is 17.1. The second kappa shape index (κ2) is 10.6.